The molecule has 12 heavy (non-hydrogen) atoms. The van der Waals surface area contributed by atoms with E-state index in [4.69, 9.17) is 6.42 Å². The van der Waals surface area contributed by atoms with Gasteiger partial charge in [-0.1, -0.05) is 11.1 Å². The van der Waals surface area contributed by atoms with Crippen molar-refractivity contribution in [1.29, 1.82) is 0 Å². The monoisotopic (exact) mass is 164 g/mol. The molecule has 0 amide bonds. The van der Waals surface area contributed by atoms with Gasteiger partial charge < -0.3 is 0 Å². The molecule has 1 aromatic rings. The van der Waals surface area contributed by atoms with Crippen molar-refractivity contribution in [2.45, 2.75) is 19.5 Å². The van der Waals surface area contributed by atoms with Crippen LogP contribution in [-0.2, 0) is 13.6 Å². The first-order valence-electron chi connectivity index (χ1n) is 3.77. The Morgan fingerprint density at radius 2 is 2.58 bits per heavy atom. The van der Waals surface area contributed by atoms with Gasteiger partial charge in [-0.25, -0.2) is 0 Å². The van der Waals surface area contributed by atoms with Crippen molar-refractivity contribution in [3.05, 3.63) is 11.9 Å². The predicted molar refractivity (Wildman–Crippen MR) is 46.1 cm³/mol. The van der Waals surface area contributed by atoms with Crippen LogP contribution in [0.15, 0.2) is 6.20 Å². The van der Waals surface area contributed by atoms with Crippen molar-refractivity contribution in [2.24, 2.45) is 7.05 Å². The molecule has 1 unspecified atom stereocenters. The summed E-state index contributed by atoms with van der Waals surface area (Å²) >= 11 is 0. The summed E-state index contributed by atoms with van der Waals surface area (Å²) in [5, 5.41) is 10.7. The number of aromatic nitrogens is 3. The van der Waals surface area contributed by atoms with E-state index in [1.165, 1.54) is 0 Å². The zero-order valence-electron chi connectivity index (χ0n) is 7.28. The highest BCUT2D eigenvalue weighted by Crippen LogP contribution is 1.92. The zero-order valence-corrected chi connectivity index (χ0v) is 7.28. The first-order valence-corrected chi connectivity index (χ1v) is 3.77. The number of nitrogens with zero attached hydrogens (tertiary/aromatic N) is 3. The van der Waals surface area contributed by atoms with E-state index in [9.17, 15) is 0 Å². The molecule has 0 aliphatic heterocycles. The van der Waals surface area contributed by atoms with Gasteiger partial charge in [0.1, 0.15) is 0 Å². The van der Waals surface area contributed by atoms with Gasteiger partial charge in [0.25, 0.3) is 0 Å². The molecule has 4 heteroatoms. The molecule has 64 valence electrons. The molecule has 0 aliphatic carbocycles. The Bertz CT molecular complexity index is 283. The molecule has 4 nitrogen and oxygen atoms in total. The molecule has 0 saturated heterocycles. The van der Waals surface area contributed by atoms with Crippen LogP contribution in [0.1, 0.15) is 12.6 Å². The Hall–Kier alpha value is -1.34. The molecule has 0 aromatic carbocycles. The summed E-state index contributed by atoms with van der Waals surface area (Å²) < 4.78 is 1.72. The number of terminal acetylenes is 1. The first kappa shape index (κ1) is 8.75. The van der Waals surface area contributed by atoms with Gasteiger partial charge in [0, 0.05) is 13.6 Å². The Morgan fingerprint density at radius 3 is 3.08 bits per heavy atom. The molecule has 0 spiro atoms. The Balaban J connectivity index is 2.44. The third-order valence-corrected chi connectivity index (χ3v) is 1.65. The lowest BCUT2D eigenvalue weighted by molar-refractivity contribution is 0.595. The average molecular weight is 164 g/mol. The van der Waals surface area contributed by atoms with Crippen LogP contribution in [0.4, 0.5) is 0 Å². The molecular formula is C8H12N4. The van der Waals surface area contributed by atoms with Crippen molar-refractivity contribution in [3.63, 3.8) is 0 Å². The highest BCUT2D eigenvalue weighted by molar-refractivity contribution is 4.99. The average Bonchev–Trinajstić information content (AvgIpc) is 2.47. The number of aryl methyl sites for hydroxylation is 1. The van der Waals surface area contributed by atoms with Gasteiger partial charge in [-0.2, -0.15) is 0 Å². The quantitative estimate of drug-likeness (QED) is 0.636. The van der Waals surface area contributed by atoms with Crippen LogP contribution in [0.3, 0.4) is 0 Å². The summed E-state index contributed by atoms with van der Waals surface area (Å²) in [7, 11) is 1.85. The van der Waals surface area contributed by atoms with E-state index in [1.54, 1.807) is 10.9 Å². The van der Waals surface area contributed by atoms with Crippen LogP contribution < -0.4 is 5.32 Å². The van der Waals surface area contributed by atoms with E-state index in [-0.39, 0.29) is 6.04 Å². The second-order valence-corrected chi connectivity index (χ2v) is 2.62. The molecule has 1 heterocycles. The summed E-state index contributed by atoms with van der Waals surface area (Å²) in [5.74, 6) is 2.59. The molecule has 1 N–H and O–H groups in total. The van der Waals surface area contributed by atoms with Crippen molar-refractivity contribution in [3.8, 4) is 12.3 Å². The normalized spacial score (nSPS) is 12.4. The van der Waals surface area contributed by atoms with Crippen LogP contribution in [0.25, 0.3) is 0 Å². The fourth-order valence-electron chi connectivity index (χ4n) is 0.788. The van der Waals surface area contributed by atoms with Gasteiger partial charge in [-0.15, -0.1) is 11.5 Å². The second kappa shape index (κ2) is 3.88. The Labute approximate surface area is 72.0 Å². The number of hydrogen-bond donors (Lipinski definition) is 1. The summed E-state index contributed by atoms with van der Waals surface area (Å²) in [6.45, 7) is 2.64. The topological polar surface area (TPSA) is 42.7 Å². The maximum absolute atomic E-state index is 5.20. The lowest BCUT2D eigenvalue weighted by Crippen LogP contribution is -2.24. The SMILES string of the molecule is C#CC(C)NCc1cnnn1C. The molecule has 1 aromatic heterocycles. The minimum atomic E-state index is 0.0832. The highest BCUT2D eigenvalue weighted by Gasteiger charge is 2.00. The van der Waals surface area contributed by atoms with Crippen LogP contribution in [0.5, 0.6) is 0 Å². The van der Waals surface area contributed by atoms with Crippen molar-refractivity contribution in [1.82, 2.24) is 20.3 Å². The van der Waals surface area contributed by atoms with Crippen LogP contribution in [0, 0.1) is 12.3 Å². The maximum Gasteiger partial charge on any atom is 0.0738 e. The second-order valence-electron chi connectivity index (χ2n) is 2.62. The molecule has 1 rings (SSSR count). The van der Waals surface area contributed by atoms with E-state index in [1.807, 2.05) is 14.0 Å². The van der Waals surface area contributed by atoms with Gasteiger partial charge in [-0.05, 0) is 6.92 Å². The first-order chi connectivity index (χ1) is 5.74. The molecule has 0 fully saturated rings. The van der Waals surface area contributed by atoms with Crippen molar-refractivity contribution in [2.75, 3.05) is 0 Å². The van der Waals surface area contributed by atoms with Crippen molar-refractivity contribution >= 4 is 0 Å². The van der Waals surface area contributed by atoms with E-state index >= 15 is 0 Å². The van der Waals surface area contributed by atoms with Gasteiger partial charge in [-0.3, -0.25) is 10.00 Å². The Morgan fingerprint density at radius 1 is 1.83 bits per heavy atom. The minimum Gasteiger partial charge on any atom is -0.298 e. The fourth-order valence-corrected chi connectivity index (χ4v) is 0.788. The van der Waals surface area contributed by atoms with Gasteiger partial charge >= 0.3 is 0 Å². The summed E-state index contributed by atoms with van der Waals surface area (Å²) in [6, 6.07) is 0.0832. The molecule has 0 saturated carbocycles. The summed E-state index contributed by atoms with van der Waals surface area (Å²) in [4.78, 5) is 0. The third-order valence-electron chi connectivity index (χ3n) is 1.65. The summed E-state index contributed by atoms with van der Waals surface area (Å²) in [6.07, 6.45) is 6.92. The number of hydrogen-bond acceptors (Lipinski definition) is 3. The van der Waals surface area contributed by atoms with Crippen molar-refractivity contribution < 1.29 is 0 Å². The smallest absolute Gasteiger partial charge is 0.0738 e. The molecule has 1 atom stereocenters. The van der Waals surface area contributed by atoms with Gasteiger partial charge in [0.15, 0.2) is 0 Å². The zero-order chi connectivity index (χ0) is 8.97. The third kappa shape index (κ3) is 2.07. The van der Waals surface area contributed by atoms with Crippen LogP contribution >= 0.6 is 0 Å². The van der Waals surface area contributed by atoms with E-state index in [0.29, 0.717) is 6.54 Å². The molecule has 0 bridgehead atoms. The standard InChI is InChI=1S/C8H12N4/c1-4-7(2)9-5-8-6-10-11-12(8)3/h1,6-7,9H,5H2,2-3H3. The summed E-state index contributed by atoms with van der Waals surface area (Å²) in [5.41, 5.74) is 1.03. The number of nitrogens with one attached hydrogen (secondary N) is 1. The molecule has 0 aliphatic rings. The van der Waals surface area contributed by atoms with Crippen LogP contribution in [0.2, 0.25) is 0 Å². The Kier molecular flexibility index (Phi) is 2.83. The highest BCUT2D eigenvalue weighted by atomic mass is 15.4. The van der Waals surface area contributed by atoms with E-state index < -0.39 is 0 Å². The van der Waals surface area contributed by atoms with E-state index in [2.05, 4.69) is 21.5 Å². The minimum absolute atomic E-state index is 0.0832. The number of rotatable bonds is 3. The van der Waals surface area contributed by atoms with Crippen LogP contribution in [-0.4, -0.2) is 21.0 Å². The molecular weight excluding hydrogens is 152 g/mol. The predicted octanol–water partition coefficient (Wildman–Crippen LogP) is -0.0736. The van der Waals surface area contributed by atoms with Gasteiger partial charge in [0.05, 0.1) is 17.9 Å². The fraction of sp³-hybridized carbons (Fsp3) is 0.500. The maximum atomic E-state index is 5.20. The molecule has 0 radical (unpaired) electrons. The largest absolute Gasteiger partial charge is 0.298 e. The lowest BCUT2D eigenvalue weighted by atomic mass is 10.3. The van der Waals surface area contributed by atoms with Gasteiger partial charge in [0.2, 0.25) is 0 Å². The van der Waals surface area contributed by atoms with E-state index in [0.717, 1.165) is 5.69 Å². The lowest BCUT2D eigenvalue weighted by Gasteiger charge is -2.05.